The normalized spacial score (nSPS) is 31.2. The molecule has 0 aromatic carbocycles. The van der Waals surface area contributed by atoms with E-state index in [0.717, 1.165) is 17.9 Å². The number of hydrogen-bond acceptors (Lipinski definition) is 2. The molecular formula is C15H30N2. The van der Waals surface area contributed by atoms with E-state index in [1.54, 1.807) is 0 Å². The molecule has 1 saturated carbocycles. The van der Waals surface area contributed by atoms with Crippen LogP contribution in [-0.2, 0) is 0 Å². The summed E-state index contributed by atoms with van der Waals surface area (Å²) in [5, 5.41) is 3.48. The first-order chi connectivity index (χ1) is 8.35. The van der Waals surface area contributed by atoms with Gasteiger partial charge in [-0.1, -0.05) is 26.7 Å². The summed E-state index contributed by atoms with van der Waals surface area (Å²) in [6.45, 7) is 9.83. The zero-order chi connectivity index (χ0) is 12.1. The van der Waals surface area contributed by atoms with Gasteiger partial charge in [0, 0.05) is 12.6 Å². The van der Waals surface area contributed by atoms with Crippen molar-refractivity contribution in [1.82, 2.24) is 10.2 Å². The number of hydrogen-bond donors (Lipinski definition) is 1. The number of rotatable bonds is 5. The van der Waals surface area contributed by atoms with Crippen LogP contribution in [-0.4, -0.2) is 37.1 Å². The molecule has 1 aliphatic heterocycles. The van der Waals surface area contributed by atoms with Crippen LogP contribution in [0.1, 0.15) is 52.4 Å². The van der Waals surface area contributed by atoms with Gasteiger partial charge in [-0.05, 0) is 57.2 Å². The molecule has 0 bridgehead atoms. The van der Waals surface area contributed by atoms with E-state index >= 15 is 0 Å². The molecule has 0 aromatic rings. The summed E-state index contributed by atoms with van der Waals surface area (Å²) in [4.78, 5) is 2.80. The molecule has 17 heavy (non-hydrogen) atoms. The molecule has 0 aromatic heterocycles. The third-order valence-electron chi connectivity index (χ3n) is 4.97. The first kappa shape index (κ1) is 13.4. The van der Waals surface area contributed by atoms with E-state index in [1.165, 1.54) is 64.7 Å². The Bertz CT molecular complexity index is 211. The lowest BCUT2D eigenvalue weighted by molar-refractivity contribution is 0.129. The zero-order valence-electron chi connectivity index (χ0n) is 11.8. The summed E-state index contributed by atoms with van der Waals surface area (Å²) in [5.41, 5.74) is 0. The lowest BCUT2D eigenvalue weighted by Gasteiger charge is -2.36. The maximum Gasteiger partial charge on any atom is 0.0123 e. The van der Waals surface area contributed by atoms with Crippen LogP contribution in [0.3, 0.4) is 0 Å². The predicted octanol–water partition coefficient (Wildman–Crippen LogP) is 2.89. The fourth-order valence-electron chi connectivity index (χ4n) is 3.87. The van der Waals surface area contributed by atoms with Crippen molar-refractivity contribution in [1.29, 1.82) is 0 Å². The van der Waals surface area contributed by atoms with E-state index in [9.17, 15) is 0 Å². The maximum absolute atomic E-state index is 3.48. The summed E-state index contributed by atoms with van der Waals surface area (Å²) in [5.74, 6) is 1.94. The lowest BCUT2D eigenvalue weighted by atomic mass is 9.94. The molecule has 2 rings (SSSR count). The zero-order valence-corrected chi connectivity index (χ0v) is 11.8. The molecule has 0 spiro atoms. The van der Waals surface area contributed by atoms with Crippen LogP contribution in [0.25, 0.3) is 0 Å². The summed E-state index contributed by atoms with van der Waals surface area (Å²) in [6.07, 6.45) is 8.56. The smallest absolute Gasteiger partial charge is 0.0123 e. The molecule has 0 radical (unpaired) electrons. The number of nitrogens with zero attached hydrogens (tertiary/aromatic N) is 1. The molecule has 2 unspecified atom stereocenters. The molecule has 2 atom stereocenters. The molecule has 2 heteroatoms. The van der Waals surface area contributed by atoms with Crippen molar-refractivity contribution in [2.75, 3.05) is 26.2 Å². The highest BCUT2D eigenvalue weighted by atomic mass is 15.2. The van der Waals surface area contributed by atoms with Crippen molar-refractivity contribution >= 4 is 0 Å². The summed E-state index contributed by atoms with van der Waals surface area (Å²) in [7, 11) is 0. The van der Waals surface area contributed by atoms with Crippen LogP contribution >= 0.6 is 0 Å². The minimum Gasteiger partial charge on any atom is -0.317 e. The third-order valence-corrected chi connectivity index (χ3v) is 4.97. The average Bonchev–Trinajstić information content (AvgIpc) is 2.85. The van der Waals surface area contributed by atoms with Crippen molar-refractivity contribution < 1.29 is 0 Å². The lowest BCUT2D eigenvalue weighted by Crippen LogP contribution is -2.43. The van der Waals surface area contributed by atoms with Crippen LogP contribution in [0.5, 0.6) is 0 Å². The topological polar surface area (TPSA) is 15.3 Å². The molecule has 2 fully saturated rings. The van der Waals surface area contributed by atoms with Gasteiger partial charge in [-0.15, -0.1) is 0 Å². The van der Waals surface area contributed by atoms with E-state index in [0.29, 0.717) is 0 Å². The van der Waals surface area contributed by atoms with Gasteiger partial charge in [0.15, 0.2) is 0 Å². The van der Waals surface area contributed by atoms with Gasteiger partial charge in [-0.2, -0.15) is 0 Å². The van der Waals surface area contributed by atoms with Crippen LogP contribution in [0, 0.1) is 11.8 Å². The molecule has 1 aliphatic carbocycles. The summed E-state index contributed by atoms with van der Waals surface area (Å²) < 4.78 is 0. The first-order valence-electron chi connectivity index (χ1n) is 7.79. The second-order valence-electron chi connectivity index (χ2n) is 5.95. The SMILES string of the molecule is CCC1CCCC1N(CC)CC1CCNCC1. The van der Waals surface area contributed by atoms with Crippen LogP contribution < -0.4 is 5.32 Å². The molecule has 0 amide bonds. The van der Waals surface area contributed by atoms with E-state index < -0.39 is 0 Å². The fourth-order valence-corrected chi connectivity index (χ4v) is 3.87. The molecule has 2 aliphatic rings. The van der Waals surface area contributed by atoms with Gasteiger partial charge in [0.05, 0.1) is 0 Å². The van der Waals surface area contributed by atoms with E-state index in [2.05, 4.69) is 24.1 Å². The maximum atomic E-state index is 3.48. The van der Waals surface area contributed by atoms with E-state index in [4.69, 9.17) is 0 Å². The molecule has 1 N–H and O–H groups in total. The first-order valence-corrected chi connectivity index (χ1v) is 7.79. The number of nitrogens with one attached hydrogen (secondary N) is 1. The highest BCUT2D eigenvalue weighted by Crippen LogP contribution is 2.33. The van der Waals surface area contributed by atoms with Crippen molar-refractivity contribution in [2.45, 2.75) is 58.4 Å². The Morgan fingerprint density at radius 3 is 2.47 bits per heavy atom. The quantitative estimate of drug-likeness (QED) is 0.792. The van der Waals surface area contributed by atoms with Crippen LogP contribution in [0.2, 0.25) is 0 Å². The highest BCUT2D eigenvalue weighted by molar-refractivity contribution is 4.86. The van der Waals surface area contributed by atoms with Crippen LogP contribution in [0.15, 0.2) is 0 Å². The molecule has 1 saturated heterocycles. The predicted molar refractivity (Wildman–Crippen MR) is 74.3 cm³/mol. The second kappa shape index (κ2) is 6.75. The van der Waals surface area contributed by atoms with Crippen molar-refractivity contribution in [3.63, 3.8) is 0 Å². The Kier molecular flexibility index (Phi) is 5.30. The van der Waals surface area contributed by atoms with Gasteiger partial charge in [0.2, 0.25) is 0 Å². The van der Waals surface area contributed by atoms with Gasteiger partial charge in [0.1, 0.15) is 0 Å². The minimum absolute atomic E-state index is 0.903. The Morgan fingerprint density at radius 1 is 1.06 bits per heavy atom. The highest BCUT2D eigenvalue weighted by Gasteiger charge is 2.31. The Morgan fingerprint density at radius 2 is 1.82 bits per heavy atom. The molecule has 100 valence electrons. The molecular weight excluding hydrogens is 208 g/mol. The van der Waals surface area contributed by atoms with Gasteiger partial charge in [-0.3, -0.25) is 0 Å². The largest absolute Gasteiger partial charge is 0.317 e. The molecule has 2 nitrogen and oxygen atoms in total. The molecule has 1 heterocycles. The third kappa shape index (κ3) is 3.45. The van der Waals surface area contributed by atoms with Gasteiger partial charge in [-0.25, -0.2) is 0 Å². The monoisotopic (exact) mass is 238 g/mol. The van der Waals surface area contributed by atoms with Crippen molar-refractivity contribution in [3.05, 3.63) is 0 Å². The van der Waals surface area contributed by atoms with E-state index in [1.807, 2.05) is 0 Å². The summed E-state index contributed by atoms with van der Waals surface area (Å²) >= 11 is 0. The van der Waals surface area contributed by atoms with Gasteiger partial charge < -0.3 is 10.2 Å². The van der Waals surface area contributed by atoms with E-state index in [-0.39, 0.29) is 0 Å². The summed E-state index contributed by atoms with van der Waals surface area (Å²) in [6, 6.07) is 0.903. The minimum atomic E-state index is 0.903. The van der Waals surface area contributed by atoms with Crippen LogP contribution in [0.4, 0.5) is 0 Å². The van der Waals surface area contributed by atoms with Crippen molar-refractivity contribution in [2.24, 2.45) is 11.8 Å². The number of piperidine rings is 1. The Labute approximate surface area is 107 Å². The van der Waals surface area contributed by atoms with Gasteiger partial charge >= 0.3 is 0 Å². The fraction of sp³-hybridized carbons (Fsp3) is 1.00. The second-order valence-corrected chi connectivity index (χ2v) is 5.95. The Hall–Kier alpha value is -0.0800. The Balaban J connectivity index is 1.86. The van der Waals surface area contributed by atoms with Gasteiger partial charge in [0.25, 0.3) is 0 Å². The van der Waals surface area contributed by atoms with Crippen molar-refractivity contribution in [3.8, 4) is 0 Å². The average molecular weight is 238 g/mol. The standard InChI is InChI=1S/C15H30N2/c1-3-14-6-5-7-15(14)17(4-2)12-13-8-10-16-11-9-13/h13-16H,3-12H2,1-2H3.